The van der Waals surface area contributed by atoms with Crippen molar-refractivity contribution in [3.63, 3.8) is 0 Å². The molecule has 0 aromatic heterocycles. The lowest BCUT2D eigenvalue weighted by molar-refractivity contribution is -0.212. The van der Waals surface area contributed by atoms with Crippen LogP contribution in [0.25, 0.3) is 0 Å². The van der Waals surface area contributed by atoms with Crippen LogP contribution in [0.1, 0.15) is 12.8 Å². The van der Waals surface area contributed by atoms with E-state index in [2.05, 4.69) is 0 Å². The van der Waals surface area contributed by atoms with E-state index in [0.717, 1.165) is 0 Å². The normalized spacial score (nSPS) is 43.2. The van der Waals surface area contributed by atoms with Gasteiger partial charge < -0.3 is 10.5 Å². The number of alkyl halides is 2. The third kappa shape index (κ3) is 1.46. The van der Waals surface area contributed by atoms with E-state index in [0.29, 0.717) is 19.4 Å². The van der Waals surface area contributed by atoms with Crippen molar-refractivity contribution >= 4 is 0 Å². The molecule has 1 aliphatic heterocycles. The van der Waals surface area contributed by atoms with Gasteiger partial charge >= 0.3 is 0 Å². The highest BCUT2D eigenvalue weighted by atomic mass is 19.3. The Bertz CT molecular complexity index is 182. The third-order valence-electron chi connectivity index (χ3n) is 3.30. The van der Waals surface area contributed by atoms with Gasteiger partial charge in [0, 0.05) is 11.8 Å². The second kappa shape index (κ2) is 3.17. The van der Waals surface area contributed by atoms with Crippen LogP contribution in [0.3, 0.4) is 0 Å². The van der Waals surface area contributed by atoms with Gasteiger partial charge in [-0.15, -0.1) is 0 Å². The average Bonchev–Trinajstić information content (AvgIpc) is 2.02. The summed E-state index contributed by atoms with van der Waals surface area (Å²) in [5.74, 6) is -3.41. The molecule has 3 atom stereocenters. The summed E-state index contributed by atoms with van der Waals surface area (Å²) in [7, 11) is 0. The highest BCUT2D eigenvalue weighted by molar-refractivity contribution is 4.94. The smallest absolute Gasteiger partial charge is 0.258 e. The van der Waals surface area contributed by atoms with E-state index in [1.165, 1.54) is 0 Å². The lowest BCUT2D eigenvalue weighted by Gasteiger charge is -2.44. The number of hydrogen-bond donors (Lipinski definition) is 1. The SMILES string of the molecule is NCC1C[C@H]2COC[C@@H](C1)C2(F)F. The summed E-state index contributed by atoms with van der Waals surface area (Å²) in [6.07, 6.45) is 1.06. The molecule has 1 saturated heterocycles. The molecule has 2 rings (SSSR count). The highest BCUT2D eigenvalue weighted by Gasteiger charge is 2.53. The zero-order valence-corrected chi connectivity index (χ0v) is 7.51. The Kier molecular flexibility index (Phi) is 2.28. The van der Waals surface area contributed by atoms with E-state index in [1.54, 1.807) is 0 Å². The molecule has 1 saturated carbocycles. The number of halogens is 2. The monoisotopic (exact) mass is 191 g/mol. The Labute approximate surface area is 76.4 Å². The molecule has 0 aromatic carbocycles. The first-order valence-corrected chi connectivity index (χ1v) is 4.80. The topological polar surface area (TPSA) is 35.2 Å². The highest BCUT2D eigenvalue weighted by Crippen LogP contribution is 2.47. The van der Waals surface area contributed by atoms with Gasteiger partial charge in [0.1, 0.15) is 0 Å². The van der Waals surface area contributed by atoms with E-state index in [4.69, 9.17) is 10.5 Å². The van der Waals surface area contributed by atoms with Crippen LogP contribution in [-0.2, 0) is 4.74 Å². The van der Waals surface area contributed by atoms with Crippen molar-refractivity contribution in [2.75, 3.05) is 19.8 Å². The second-order valence-corrected chi connectivity index (χ2v) is 4.18. The second-order valence-electron chi connectivity index (χ2n) is 4.18. The lowest BCUT2D eigenvalue weighted by Crippen LogP contribution is -2.51. The number of nitrogens with two attached hydrogens (primary N) is 1. The van der Waals surface area contributed by atoms with Crippen molar-refractivity contribution < 1.29 is 13.5 Å². The maximum Gasteiger partial charge on any atom is 0.258 e. The zero-order valence-electron chi connectivity index (χ0n) is 7.51. The van der Waals surface area contributed by atoms with E-state index in [9.17, 15) is 8.78 Å². The van der Waals surface area contributed by atoms with Gasteiger partial charge in [-0.1, -0.05) is 0 Å². The maximum absolute atomic E-state index is 13.5. The first-order chi connectivity index (χ1) is 6.14. The number of rotatable bonds is 1. The predicted molar refractivity (Wildman–Crippen MR) is 44.5 cm³/mol. The van der Waals surface area contributed by atoms with Crippen LogP contribution in [-0.4, -0.2) is 25.7 Å². The van der Waals surface area contributed by atoms with Gasteiger partial charge in [0.25, 0.3) is 5.92 Å². The van der Waals surface area contributed by atoms with Crippen molar-refractivity contribution in [2.24, 2.45) is 23.5 Å². The molecule has 0 spiro atoms. The van der Waals surface area contributed by atoms with Gasteiger partial charge in [-0.3, -0.25) is 0 Å². The van der Waals surface area contributed by atoms with Crippen LogP contribution in [0.15, 0.2) is 0 Å². The molecule has 1 aliphatic carbocycles. The van der Waals surface area contributed by atoms with Crippen LogP contribution in [0.5, 0.6) is 0 Å². The largest absolute Gasteiger partial charge is 0.380 e. The molecule has 0 radical (unpaired) electrons. The average molecular weight is 191 g/mol. The molecule has 0 amide bonds. The molecule has 2 bridgehead atoms. The Balaban J connectivity index is 2.12. The van der Waals surface area contributed by atoms with Crippen LogP contribution in [0, 0.1) is 17.8 Å². The Hall–Kier alpha value is -0.220. The third-order valence-corrected chi connectivity index (χ3v) is 3.30. The molecule has 76 valence electrons. The van der Waals surface area contributed by atoms with Gasteiger partial charge in [0.2, 0.25) is 0 Å². The van der Waals surface area contributed by atoms with E-state index < -0.39 is 17.8 Å². The predicted octanol–water partition coefficient (Wildman–Crippen LogP) is 1.25. The minimum atomic E-state index is -2.51. The number of fused-ring (bicyclic) bond motifs is 2. The fraction of sp³-hybridized carbons (Fsp3) is 1.00. The molecule has 1 heterocycles. The summed E-state index contributed by atoms with van der Waals surface area (Å²) in [6.45, 7) is 0.948. The van der Waals surface area contributed by atoms with E-state index in [1.807, 2.05) is 0 Å². The van der Waals surface area contributed by atoms with Gasteiger partial charge in [0.05, 0.1) is 13.2 Å². The van der Waals surface area contributed by atoms with Gasteiger partial charge in [-0.05, 0) is 25.3 Å². The van der Waals surface area contributed by atoms with Crippen LogP contribution in [0.2, 0.25) is 0 Å². The number of ether oxygens (including phenoxy) is 1. The molecule has 4 heteroatoms. The van der Waals surface area contributed by atoms with Crippen LogP contribution >= 0.6 is 0 Å². The quantitative estimate of drug-likeness (QED) is 0.677. The standard InChI is InChI=1S/C9H15F2NO/c10-9(11)7-1-6(3-12)2-8(9)5-13-4-7/h6-8H,1-5,12H2/t6?,7-,8+. The van der Waals surface area contributed by atoms with Crippen molar-refractivity contribution in [3.8, 4) is 0 Å². The summed E-state index contributed by atoms with van der Waals surface area (Å²) in [4.78, 5) is 0. The molecule has 2 nitrogen and oxygen atoms in total. The van der Waals surface area contributed by atoms with Crippen LogP contribution in [0.4, 0.5) is 8.78 Å². The van der Waals surface area contributed by atoms with Gasteiger partial charge in [-0.25, -0.2) is 8.78 Å². The van der Waals surface area contributed by atoms with E-state index in [-0.39, 0.29) is 19.1 Å². The maximum atomic E-state index is 13.5. The summed E-state index contributed by atoms with van der Waals surface area (Å²) in [5.41, 5.74) is 5.51. The minimum Gasteiger partial charge on any atom is -0.380 e. The lowest BCUT2D eigenvalue weighted by atomic mass is 9.71. The van der Waals surface area contributed by atoms with Crippen molar-refractivity contribution in [1.82, 2.24) is 0 Å². The summed E-state index contributed by atoms with van der Waals surface area (Å²) in [6, 6.07) is 0. The fourth-order valence-electron chi connectivity index (χ4n) is 2.45. The molecule has 2 N–H and O–H groups in total. The first kappa shape index (κ1) is 9.34. The van der Waals surface area contributed by atoms with Crippen LogP contribution < -0.4 is 5.73 Å². The van der Waals surface area contributed by atoms with Gasteiger partial charge in [0.15, 0.2) is 0 Å². The molecule has 1 unspecified atom stereocenters. The first-order valence-electron chi connectivity index (χ1n) is 4.80. The molecule has 13 heavy (non-hydrogen) atoms. The van der Waals surface area contributed by atoms with Crippen molar-refractivity contribution in [1.29, 1.82) is 0 Å². The minimum absolute atomic E-state index is 0.208. The van der Waals surface area contributed by atoms with Crippen molar-refractivity contribution in [3.05, 3.63) is 0 Å². The Morgan fingerprint density at radius 3 is 2.23 bits per heavy atom. The zero-order chi connectivity index (χ0) is 9.47. The molecular weight excluding hydrogens is 176 g/mol. The summed E-state index contributed by atoms with van der Waals surface area (Å²) < 4.78 is 32.1. The Morgan fingerprint density at radius 1 is 1.23 bits per heavy atom. The summed E-state index contributed by atoms with van der Waals surface area (Å²) >= 11 is 0. The molecule has 2 fully saturated rings. The van der Waals surface area contributed by atoms with Gasteiger partial charge in [-0.2, -0.15) is 0 Å². The molecular formula is C9H15F2NO. The van der Waals surface area contributed by atoms with Crippen molar-refractivity contribution in [2.45, 2.75) is 18.8 Å². The molecule has 0 aromatic rings. The number of hydrogen-bond acceptors (Lipinski definition) is 2. The van der Waals surface area contributed by atoms with E-state index >= 15 is 0 Å². The molecule has 2 aliphatic rings. The summed E-state index contributed by atoms with van der Waals surface area (Å²) in [5, 5.41) is 0. The fourth-order valence-corrected chi connectivity index (χ4v) is 2.45. The Morgan fingerprint density at radius 2 is 1.77 bits per heavy atom.